The van der Waals surface area contributed by atoms with Crippen molar-refractivity contribution >= 4 is 11.6 Å². The summed E-state index contributed by atoms with van der Waals surface area (Å²) in [4.78, 5) is 11.2. The lowest BCUT2D eigenvalue weighted by atomic mass is 9.86. The predicted molar refractivity (Wildman–Crippen MR) is 82.9 cm³/mol. The molecule has 0 bridgehead atoms. The van der Waals surface area contributed by atoms with Crippen molar-refractivity contribution in [3.05, 3.63) is 53.6 Å². The van der Waals surface area contributed by atoms with E-state index in [2.05, 4.69) is 55.6 Å². The maximum absolute atomic E-state index is 11.2. The van der Waals surface area contributed by atoms with E-state index in [4.69, 9.17) is 0 Å². The van der Waals surface area contributed by atoms with Crippen molar-refractivity contribution in [1.82, 2.24) is 0 Å². The van der Waals surface area contributed by atoms with Crippen molar-refractivity contribution in [2.24, 2.45) is 5.92 Å². The number of hydrogen-bond acceptors (Lipinski definition) is 1. The molecule has 0 radical (unpaired) electrons. The lowest BCUT2D eigenvalue weighted by Gasteiger charge is -2.18. The van der Waals surface area contributed by atoms with Gasteiger partial charge in [0.25, 0.3) is 0 Å². The number of benzene rings is 2. The summed E-state index contributed by atoms with van der Waals surface area (Å²) in [6.07, 6.45) is 0. The molecule has 20 heavy (non-hydrogen) atoms. The van der Waals surface area contributed by atoms with Gasteiger partial charge in [-0.1, -0.05) is 44.2 Å². The molecule has 0 spiro atoms. The summed E-state index contributed by atoms with van der Waals surface area (Å²) in [5.41, 5.74) is 6.24. The first-order chi connectivity index (χ1) is 9.58. The van der Waals surface area contributed by atoms with Crippen LogP contribution in [-0.2, 0) is 4.79 Å². The summed E-state index contributed by atoms with van der Waals surface area (Å²) >= 11 is 0. The van der Waals surface area contributed by atoms with Crippen LogP contribution in [0.1, 0.15) is 37.8 Å². The fourth-order valence-electron chi connectivity index (χ4n) is 3.25. The highest BCUT2D eigenvalue weighted by atomic mass is 16.1. The van der Waals surface area contributed by atoms with Gasteiger partial charge in [-0.15, -0.1) is 0 Å². The molecule has 1 N–H and O–H groups in total. The smallest absolute Gasteiger partial charge is 0.221 e. The highest BCUT2D eigenvalue weighted by Crippen LogP contribution is 2.48. The molecule has 2 aromatic carbocycles. The molecule has 1 aliphatic rings. The molecule has 0 saturated heterocycles. The minimum atomic E-state index is -0.0263. The van der Waals surface area contributed by atoms with E-state index in [0.717, 1.165) is 5.69 Å². The van der Waals surface area contributed by atoms with E-state index in [1.54, 1.807) is 6.92 Å². The molecule has 3 rings (SSSR count). The highest BCUT2D eigenvalue weighted by Gasteiger charge is 2.30. The molecule has 2 nitrogen and oxygen atoms in total. The average molecular weight is 265 g/mol. The van der Waals surface area contributed by atoms with Crippen LogP contribution >= 0.6 is 0 Å². The minimum absolute atomic E-state index is 0.0263. The molecular weight excluding hydrogens is 246 g/mol. The minimum Gasteiger partial charge on any atom is -0.326 e. The summed E-state index contributed by atoms with van der Waals surface area (Å²) in [5.74, 6) is 0.918. The van der Waals surface area contributed by atoms with Gasteiger partial charge >= 0.3 is 0 Å². The summed E-state index contributed by atoms with van der Waals surface area (Å²) < 4.78 is 0. The lowest BCUT2D eigenvalue weighted by molar-refractivity contribution is -0.114. The Balaban J connectivity index is 2.14. The fraction of sp³-hybridized carbons (Fsp3) is 0.278. The second kappa shape index (κ2) is 4.78. The zero-order valence-corrected chi connectivity index (χ0v) is 12.1. The molecule has 0 heterocycles. The maximum Gasteiger partial charge on any atom is 0.221 e. The van der Waals surface area contributed by atoms with Gasteiger partial charge in [0.05, 0.1) is 0 Å². The molecule has 1 atom stereocenters. The third kappa shape index (κ3) is 2.01. The average Bonchev–Trinajstić information content (AvgIpc) is 2.71. The maximum atomic E-state index is 11.2. The summed E-state index contributed by atoms with van der Waals surface area (Å²) in [6, 6.07) is 14.8. The van der Waals surface area contributed by atoms with Crippen molar-refractivity contribution in [2.75, 3.05) is 5.32 Å². The topological polar surface area (TPSA) is 29.1 Å². The number of rotatable bonds is 2. The standard InChI is InChI=1S/C18H19NO/c1-11(2)18-16-7-5-4-6-14(16)15-9-8-13(10-17(15)18)19-12(3)20/h4-11,18H,1-3H3,(H,19,20). The Labute approximate surface area is 119 Å². The number of nitrogens with one attached hydrogen (secondary N) is 1. The first-order valence-electron chi connectivity index (χ1n) is 7.08. The van der Waals surface area contributed by atoms with Gasteiger partial charge in [0.2, 0.25) is 5.91 Å². The van der Waals surface area contributed by atoms with Gasteiger partial charge in [-0.2, -0.15) is 0 Å². The SMILES string of the molecule is CC(=O)Nc1ccc2c(c1)C(C(C)C)c1ccccc1-2. The van der Waals surface area contributed by atoms with E-state index in [9.17, 15) is 4.79 Å². The third-order valence-corrected chi connectivity index (χ3v) is 3.96. The van der Waals surface area contributed by atoms with Crippen molar-refractivity contribution < 1.29 is 4.79 Å². The number of anilines is 1. The van der Waals surface area contributed by atoms with Crippen LogP contribution in [0.2, 0.25) is 0 Å². The van der Waals surface area contributed by atoms with Crippen LogP contribution < -0.4 is 5.32 Å². The van der Waals surface area contributed by atoms with E-state index in [0.29, 0.717) is 11.8 Å². The van der Waals surface area contributed by atoms with E-state index < -0.39 is 0 Å². The van der Waals surface area contributed by atoms with Gasteiger partial charge in [0, 0.05) is 18.5 Å². The second-order valence-electron chi connectivity index (χ2n) is 5.79. The van der Waals surface area contributed by atoms with Crippen LogP contribution in [0, 0.1) is 5.92 Å². The quantitative estimate of drug-likeness (QED) is 0.856. The summed E-state index contributed by atoms with van der Waals surface area (Å²) in [5, 5.41) is 2.88. The molecule has 0 aromatic heterocycles. The van der Waals surface area contributed by atoms with Crippen LogP contribution in [0.15, 0.2) is 42.5 Å². The third-order valence-electron chi connectivity index (χ3n) is 3.96. The lowest BCUT2D eigenvalue weighted by Crippen LogP contribution is -2.08. The van der Waals surface area contributed by atoms with Gasteiger partial charge in [0.15, 0.2) is 0 Å². The molecule has 2 heteroatoms. The van der Waals surface area contributed by atoms with Gasteiger partial charge < -0.3 is 5.32 Å². The van der Waals surface area contributed by atoms with Crippen LogP contribution in [0.4, 0.5) is 5.69 Å². The Morgan fingerprint density at radius 3 is 2.45 bits per heavy atom. The molecule has 0 saturated carbocycles. The van der Waals surface area contributed by atoms with E-state index in [1.165, 1.54) is 22.3 Å². The van der Waals surface area contributed by atoms with Gasteiger partial charge in [-0.25, -0.2) is 0 Å². The Bertz CT molecular complexity index is 673. The molecule has 1 aliphatic carbocycles. The Hall–Kier alpha value is -2.09. The number of carbonyl (C=O) groups is 1. The van der Waals surface area contributed by atoms with Gasteiger partial charge in [-0.3, -0.25) is 4.79 Å². The van der Waals surface area contributed by atoms with Crippen LogP contribution in [-0.4, -0.2) is 5.91 Å². The highest BCUT2D eigenvalue weighted by molar-refractivity contribution is 5.90. The number of hydrogen-bond donors (Lipinski definition) is 1. The monoisotopic (exact) mass is 265 g/mol. The Morgan fingerprint density at radius 2 is 1.75 bits per heavy atom. The van der Waals surface area contributed by atoms with Gasteiger partial charge in [0.1, 0.15) is 0 Å². The largest absolute Gasteiger partial charge is 0.326 e. The van der Waals surface area contributed by atoms with E-state index >= 15 is 0 Å². The zero-order chi connectivity index (χ0) is 14.3. The molecule has 0 fully saturated rings. The molecule has 1 amide bonds. The first kappa shape index (κ1) is 12.9. The van der Waals surface area contributed by atoms with Crippen molar-refractivity contribution in [3.8, 4) is 11.1 Å². The van der Waals surface area contributed by atoms with Crippen LogP contribution in [0.3, 0.4) is 0 Å². The summed E-state index contributed by atoms with van der Waals surface area (Å²) in [7, 11) is 0. The first-order valence-corrected chi connectivity index (χ1v) is 7.08. The predicted octanol–water partition coefficient (Wildman–Crippen LogP) is 4.41. The molecule has 2 aromatic rings. The van der Waals surface area contributed by atoms with Crippen molar-refractivity contribution in [2.45, 2.75) is 26.7 Å². The van der Waals surface area contributed by atoms with Gasteiger partial charge in [-0.05, 0) is 40.3 Å². The van der Waals surface area contributed by atoms with Crippen molar-refractivity contribution in [1.29, 1.82) is 0 Å². The molecule has 1 unspecified atom stereocenters. The number of fused-ring (bicyclic) bond motifs is 3. The van der Waals surface area contributed by atoms with Crippen LogP contribution in [0.25, 0.3) is 11.1 Å². The van der Waals surface area contributed by atoms with Crippen molar-refractivity contribution in [3.63, 3.8) is 0 Å². The normalized spacial score (nSPS) is 15.9. The second-order valence-corrected chi connectivity index (χ2v) is 5.79. The van der Waals surface area contributed by atoms with E-state index in [1.807, 2.05) is 6.07 Å². The number of amides is 1. The van der Waals surface area contributed by atoms with E-state index in [-0.39, 0.29) is 5.91 Å². The molecule has 102 valence electrons. The summed E-state index contributed by atoms with van der Waals surface area (Å²) in [6.45, 7) is 6.05. The Morgan fingerprint density at radius 1 is 1.05 bits per heavy atom. The Kier molecular flexibility index (Phi) is 3.09. The number of carbonyl (C=O) groups excluding carboxylic acids is 1. The van der Waals surface area contributed by atoms with Crippen LogP contribution in [0.5, 0.6) is 0 Å². The zero-order valence-electron chi connectivity index (χ0n) is 12.1. The molecular formula is C18H19NO. The fourth-order valence-corrected chi connectivity index (χ4v) is 3.25. The molecule has 0 aliphatic heterocycles.